The van der Waals surface area contributed by atoms with Crippen LogP contribution in [0.5, 0.6) is 0 Å². The summed E-state index contributed by atoms with van der Waals surface area (Å²) in [5.41, 5.74) is 3.39. The summed E-state index contributed by atoms with van der Waals surface area (Å²) >= 11 is 0. The number of nitrogens with zero attached hydrogens (tertiary/aromatic N) is 1. The molecule has 2 rings (SSSR count). The van der Waals surface area contributed by atoms with Gasteiger partial charge in [-0.05, 0) is 43.4 Å². The Balaban J connectivity index is 2.03. The third-order valence-corrected chi connectivity index (χ3v) is 4.03. The Labute approximate surface area is 119 Å². The van der Waals surface area contributed by atoms with Gasteiger partial charge in [-0.1, -0.05) is 18.2 Å². The smallest absolute Gasteiger partial charge is 0.305 e. The molecular formula is C16H21NO3. The van der Waals surface area contributed by atoms with Crippen molar-refractivity contribution in [2.75, 3.05) is 6.54 Å². The second kappa shape index (κ2) is 6.07. The summed E-state index contributed by atoms with van der Waals surface area (Å²) in [5.74, 6) is -0.794. The SMILES string of the molecule is Cc1ccc(CC(=O)N2CCCC2CC(=O)O)cc1C. The molecule has 4 nitrogen and oxygen atoms in total. The molecule has 0 spiro atoms. The van der Waals surface area contributed by atoms with Gasteiger partial charge in [0.05, 0.1) is 12.8 Å². The van der Waals surface area contributed by atoms with E-state index >= 15 is 0 Å². The minimum absolute atomic E-state index is 0.0389. The van der Waals surface area contributed by atoms with E-state index in [1.54, 1.807) is 4.90 Å². The van der Waals surface area contributed by atoms with E-state index in [2.05, 4.69) is 0 Å². The highest BCUT2D eigenvalue weighted by Gasteiger charge is 2.30. The van der Waals surface area contributed by atoms with Crippen LogP contribution in [0.25, 0.3) is 0 Å². The summed E-state index contributed by atoms with van der Waals surface area (Å²) in [7, 11) is 0. The lowest BCUT2D eigenvalue weighted by atomic mass is 10.0. The molecule has 1 saturated heterocycles. The number of aliphatic carboxylic acids is 1. The first kappa shape index (κ1) is 14.6. The van der Waals surface area contributed by atoms with Gasteiger partial charge in [0.1, 0.15) is 0 Å². The number of rotatable bonds is 4. The highest BCUT2D eigenvalue weighted by Crippen LogP contribution is 2.21. The third kappa shape index (κ3) is 3.38. The fourth-order valence-electron chi connectivity index (χ4n) is 2.77. The van der Waals surface area contributed by atoms with Gasteiger partial charge in [0.2, 0.25) is 5.91 Å². The Bertz CT molecular complexity index is 524. The molecule has 1 atom stereocenters. The van der Waals surface area contributed by atoms with Crippen LogP contribution in [-0.2, 0) is 16.0 Å². The van der Waals surface area contributed by atoms with Gasteiger partial charge >= 0.3 is 5.97 Å². The number of hydrogen-bond acceptors (Lipinski definition) is 2. The van der Waals surface area contributed by atoms with Crippen LogP contribution in [0.2, 0.25) is 0 Å². The first-order chi connectivity index (χ1) is 9.47. The molecule has 1 fully saturated rings. The lowest BCUT2D eigenvalue weighted by molar-refractivity contribution is -0.139. The second-order valence-electron chi connectivity index (χ2n) is 5.58. The van der Waals surface area contributed by atoms with E-state index in [4.69, 9.17) is 5.11 Å². The largest absolute Gasteiger partial charge is 0.481 e. The standard InChI is InChI=1S/C16H21NO3/c1-11-5-6-13(8-12(11)2)9-15(18)17-7-3-4-14(17)10-16(19)20/h5-6,8,14H,3-4,7,9-10H2,1-2H3,(H,19,20). The molecule has 1 unspecified atom stereocenters. The molecule has 1 aromatic carbocycles. The van der Waals surface area contributed by atoms with E-state index < -0.39 is 5.97 Å². The molecule has 20 heavy (non-hydrogen) atoms. The van der Waals surface area contributed by atoms with Crippen LogP contribution in [0.3, 0.4) is 0 Å². The summed E-state index contributed by atoms with van der Waals surface area (Å²) in [6.45, 7) is 4.76. The van der Waals surface area contributed by atoms with Crippen molar-refractivity contribution < 1.29 is 14.7 Å². The van der Waals surface area contributed by atoms with Crippen LogP contribution in [0.15, 0.2) is 18.2 Å². The number of carbonyl (C=O) groups excluding carboxylic acids is 1. The van der Waals surface area contributed by atoms with Gasteiger partial charge in [-0.15, -0.1) is 0 Å². The number of carbonyl (C=O) groups is 2. The normalized spacial score (nSPS) is 18.3. The van der Waals surface area contributed by atoms with Crippen LogP contribution < -0.4 is 0 Å². The molecule has 108 valence electrons. The van der Waals surface area contributed by atoms with Crippen molar-refractivity contribution in [3.05, 3.63) is 34.9 Å². The van der Waals surface area contributed by atoms with Gasteiger partial charge in [-0.3, -0.25) is 9.59 Å². The van der Waals surface area contributed by atoms with Crippen molar-refractivity contribution in [1.29, 1.82) is 0 Å². The van der Waals surface area contributed by atoms with E-state index in [1.807, 2.05) is 32.0 Å². The third-order valence-electron chi connectivity index (χ3n) is 4.03. The minimum Gasteiger partial charge on any atom is -0.481 e. The molecule has 1 aliphatic rings. The topological polar surface area (TPSA) is 57.6 Å². The zero-order valence-electron chi connectivity index (χ0n) is 12.1. The average Bonchev–Trinajstić information content (AvgIpc) is 2.81. The van der Waals surface area contributed by atoms with Gasteiger partial charge in [-0.2, -0.15) is 0 Å². The molecule has 1 N–H and O–H groups in total. The summed E-state index contributed by atoms with van der Waals surface area (Å²) in [4.78, 5) is 24.9. The molecule has 1 heterocycles. The highest BCUT2D eigenvalue weighted by atomic mass is 16.4. The van der Waals surface area contributed by atoms with Crippen LogP contribution in [0, 0.1) is 13.8 Å². The number of carboxylic acids is 1. The molecular weight excluding hydrogens is 254 g/mol. The van der Waals surface area contributed by atoms with Crippen molar-refractivity contribution in [2.24, 2.45) is 0 Å². The maximum atomic E-state index is 12.3. The Morgan fingerprint density at radius 2 is 2.05 bits per heavy atom. The molecule has 4 heteroatoms. The van der Waals surface area contributed by atoms with Crippen molar-refractivity contribution in [2.45, 2.75) is 45.6 Å². The van der Waals surface area contributed by atoms with E-state index in [0.717, 1.165) is 18.4 Å². The molecule has 1 amide bonds. The zero-order valence-corrected chi connectivity index (χ0v) is 12.1. The zero-order chi connectivity index (χ0) is 14.7. The van der Waals surface area contributed by atoms with E-state index in [1.165, 1.54) is 11.1 Å². The number of amides is 1. The maximum absolute atomic E-state index is 12.3. The highest BCUT2D eigenvalue weighted by molar-refractivity contribution is 5.80. The van der Waals surface area contributed by atoms with Crippen molar-refractivity contribution >= 4 is 11.9 Å². The molecule has 1 aliphatic heterocycles. The quantitative estimate of drug-likeness (QED) is 0.917. The summed E-state index contributed by atoms with van der Waals surface area (Å²) in [6.07, 6.45) is 2.11. The van der Waals surface area contributed by atoms with Gasteiger partial charge in [0, 0.05) is 12.6 Å². The first-order valence-corrected chi connectivity index (χ1v) is 7.05. The van der Waals surface area contributed by atoms with Crippen LogP contribution >= 0.6 is 0 Å². The van der Waals surface area contributed by atoms with Crippen LogP contribution in [0.4, 0.5) is 0 Å². The maximum Gasteiger partial charge on any atom is 0.305 e. The van der Waals surface area contributed by atoms with Gasteiger partial charge < -0.3 is 10.0 Å². The lowest BCUT2D eigenvalue weighted by Gasteiger charge is -2.23. The summed E-state index contributed by atoms with van der Waals surface area (Å²) in [6, 6.07) is 5.90. The predicted molar refractivity (Wildman–Crippen MR) is 76.6 cm³/mol. The molecule has 0 bridgehead atoms. The number of hydrogen-bond donors (Lipinski definition) is 1. The van der Waals surface area contributed by atoms with Crippen LogP contribution in [0.1, 0.15) is 36.0 Å². The van der Waals surface area contributed by atoms with Crippen molar-refractivity contribution in [1.82, 2.24) is 4.90 Å². The Kier molecular flexibility index (Phi) is 4.42. The van der Waals surface area contributed by atoms with Crippen molar-refractivity contribution in [3.8, 4) is 0 Å². The minimum atomic E-state index is -0.833. The van der Waals surface area contributed by atoms with Gasteiger partial charge in [-0.25, -0.2) is 0 Å². The second-order valence-corrected chi connectivity index (χ2v) is 5.58. The molecule has 0 aromatic heterocycles. The van der Waals surface area contributed by atoms with Crippen molar-refractivity contribution in [3.63, 3.8) is 0 Å². The predicted octanol–water partition coefficient (Wildman–Crippen LogP) is 2.31. The summed E-state index contributed by atoms with van der Waals surface area (Å²) < 4.78 is 0. The Morgan fingerprint density at radius 3 is 2.70 bits per heavy atom. The fraction of sp³-hybridized carbons (Fsp3) is 0.500. The lowest BCUT2D eigenvalue weighted by Crippen LogP contribution is -2.37. The van der Waals surface area contributed by atoms with Gasteiger partial charge in [0.25, 0.3) is 0 Å². The van der Waals surface area contributed by atoms with E-state index in [0.29, 0.717) is 13.0 Å². The van der Waals surface area contributed by atoms with E-state index in [9.17, 15) is 9.59 Å². The number of aryl methyl sites for hydroxylation is 2. The molecule has 0 aliphatic carbocycles. The Morgan fingerprint density at radius 1 is 1.30 bits per heavy atom. The fourth-order valence-corrected chi connectivity index (χ4v) is 2.77. The van der Waals surface area contributed by atoms with Crippen LogP contribution in [-0.4, -0.2) is 34.5 Å². The monoisotopic (exact) mass is 275 g/mol. The number of carboxylic acid groups (broad SMARTS) is 1. The Hall–Kier alpha value is -1.84. The number of likely N-dealkylation sites (tertiary alicyclic amines) is 1. The first-order valence-electron chi connectivity index (χ1n) is 7.05. The molecule has 0 saturated carbocycles. The van der Waals surface area contributed by atoms with Gasteiger partial charge in [0.15, 0.2) is 0 Å². The number of benzene rings is 1. The van der Waals surface area contributed by atoms with E-state index in [-0.39, 0.29) is 18.4 Å². The summed E-state index contributed by atoms with van der Waals surface area (Å²) in [5, 5.41) is 8.89. The average molecular weight is 275 g/mol. The molecule has 1 aromatic rings. The molecule has 0 radical (unpaired) electrons.